The van der Waals surface area contributed by atoms with E-state index in [0.717, 1.165) is 18.2 Å². The van der Waals surface area contributed by atoms with E-state index in [0.29, 0.717) is 0 Å². The Morgan fingerprint density at radius 2 is 1.36 bits per heavy atom. The van der Waals surface area contributed by atoms with Crippen molar-refractivity contribution >= 4 is 11.6 Å². The Balaban J connectivity index is 1.86. The number of halogens is 6. The summed E-state index contributed by atoms with van der Waals surface area (Å²) in [6.45, 7) is 0. The third kappa shape index (κ3) is 3.78. The van der Waals surface area contributed by atoms with Crippen LogP contribution in [0, 0.1) is 34.9 Å². The average Bonchev–Trinajstić information content (AvgIpc) is 2.68. The Labute approximate surface area is 154 Å². The first-order chi connectivity index (χ1) is 13.3. The summed E-state index contributed by atoms with van der Waals surface area (Å²) in [6, 6.07) is 9.77. The number of rotatable bonds is 4. The molecule has 9 heteroatoms. The maximum atomic E-state index is 13.7. The Morgan fingerprint density at radius 3 is 2.00 bits per heavy atom. The van der Waals surface area contributed by atoms with E-state index in [-0.39, 0.29) is 17.0 Å². The summed E-state index contributed by atoms with van der Waals surface area (Å²) >= 11 is 0. The molecule has 0 aliphatic heterocycles. The minimum Gasteiger partial charge on any atom is -0.451 e. The second-order valence-electron chi connectivity index (χ2n) is 5.49. The van der Waals surface area contributed by atoms with Gasteiger partial charge in [0, 0.05) is 17.3 Å². The molecule has 1 N–H and O–H groups in total. The molecule has 0 unspecified atom stereocenters. The Morgan fingerprint density at radius 1 is 0.750 bits per heavy atom. The van der Waals surface area contributed by atoms with Crippen LogP contribution in [0.4, 0.5) is 32.0 Å². The van der Waals surface area contributed by atoms with E-state index < -0.39 is 46.6 Å². The topological polar surface area (TPSA) is 38.3 Å². The predicted octanol–water partition coefficient (Wildman–Crippen LogP) is 5.57. The zero-order chi connectivity index (χ0) is 20.4. The third-order valence-corrected chi connectivity index (χ3v) is 3.57. The molecular formula is C19H9F6NO2. The number of carbonyl (C=O) groups excluding carboxylic acids is 1. The minimum absolute atomic E-state index is 0.00564. The van der Waals surface area contributed by atoms with Crippen LogP contribution in [0.1, 0.15) is 10.4 Å². The fraction of sp³-hybridized carbons (Fsp3) is 0. The molecule has 3 aromatic carbocycles. The SMILES string of the molecule is O=C(Nc1cccc(Oc2c(F)c(F)c(F)c(F)c2F)c1)c1cccc(F)c1. The molecule has 0 heterocycles. The fourth-order valence-corrected chi connectivity index (χ4v) is 2.26. The Kier molecular flexibility index (Phi) is 5.25. The van der Waals surface area contributed by atoms with Crippen molar-refractivity contribution < 1.29 is 35.9 Å². The summed E-state index contributed by atoms with van der Waals surface area (Å²) in [4.78, 5) is 12.1. The van der Waals surface area contributed by atoms with Crippen molar-refractivity contribution in [1.82, 2.24) is 0 Å². The monoisotopic (exact) mass is 397 g/mol. The number of hydrogen-bond donors (Lipinski definition) is 1. The largest absolute Gasteiger partial charge is 0.451 e. The Bertz CT molecular complexity index is 1040. The van der Waals surface area contributed by atoms with Gasteiger partial charge < -0.3 is 10.1 Å². The van der Waals surface area contributed by atoms with Gasteiger partial charge in [-0.25, -0.2) is 17.6 Å². The lowest BCUT2D eigenvalue weighted by atomic mass is 10.2. The molecule has 3 nitrogen and oxygen atoms in total. The van der Waals surface area contributed by atoms with Crippen LogP contribution in [0.5, 0.6) is 11.5 Å². The molecular weight excluding hydrogens is 388 g/mol. The highest BCUT2D eigenvalue weighted by molar-refractivity contribution is 6.04. The van der Waals surface area contributed by atoms with Gasteiger partial charge in [0.1, 0.15) is 11.6 Å². The molecule has 0 atom stereocenters. The molecule has 1 amide bonds. The number of carbonyl (C=O) groups is 1. The number of anilines is 1. The van der Waals surface area contributed by atoms with Crippen LogP contribution in [0.2, 0.25) is 0 Å². The van der Waals surface area contributed by atoms with Gasteiger partial charge in [0.15, 0.2) is 0 Å². The third-order valence-electron chi connectivity index (χ3n) is 3.57. The standard InChI is InChI=1S/C19H9F6NO2/c20-10-4-1-3-9(7-10)19(27)26-11-5-2-6-12(8-11)28-18-16(24)14(22)13(21)15(23)17(18)25/h1-8H,(H,26,27). The first-order valence-electron chi connectivity index (χ1n) is 7.64. The zero-order valence-corrected chi connectivity index (χ0v) is 13.7. The summed E-state index contributed by atoms with van der Waals surface area (Å²) in [7, 11) is 0. The van der Waals surface area contributed by atoms with Gasteiger partial charge in [0.25, 0.3) is 5.91 Å². The number of amides is 1. The van der Waals surface area contributed by atoms with E-state index in [9.17, 15) is 31.1 Å². The summed E-state index contributed by atoms with van der Waals surface area (Å²) in [5, 5.41) is 2.39. The molecule has 0 aromatic heterocycles. The van der Waals surface area contributed by atoms with Crippen LogP contribution in [0.15, 0.2) is 48.5 Å². The van der Waals surface area contributed by atoms with Gasteiger partial charge in [-0.2, -0.15) is 8.78 Å². The quantitative estimate of drug-likeness (QED) is 0.355. The molecule has 3 rings (SSSR count). The summed E-state index contributed by atoms with van der Waals surface area (Å²) in [6.07, 6.45) is 0. The van der Waals surface area contributed by atoms with Crippen molar-refractivity contribution in [3.8, 4) is 11.5 Å². The van der Waals surface area contributed by atoms with Gasteiger partial charge in [-0.3, -0.25) is 4.79 Å². The molecule has 0 spiro atoms. The van der Waals surface area contributed by atoms with Crippen LogP contribution in [-0.2, 0) is 0 Å². The lowest BCUT2D eigenvalue weighted by molar-refractivity contribution is 0.102. The van der Waals surface area contributed by atoms with Crippen LogP contribution in [0.25, 0.3) is 0 Å². The second-order valence-corrected chi connectivity index (χ2v) is 5.49. The van der Waals surface area contributed by atoms with Crippen LogP contribution in [0.3, 0.4) is 0 Å². The molecule has 144 valence electrons. The van der Waals surface area contributed by atoms with Crippen LogP contribution >= 0.6 is 0 Å². The van der Waals surface area contributed by atoms with Gasteiger partial charge >= 0.3 is 0 Å². The number of nitrogens with one attached hydrogen (secondary N) is 1. The molecule has 28 heavy (non-hydrogen) atoms. The lowest BCUT2D eigenvalue weighted by Gasteiger charge is -2.11. The highest BCUT2D eigenvalue weighted by atomic mass is 19.2. The maximum Gasteiger partial charge on any atom is 0.255 e. The molecule has 0 fully saturated rings. The normalized spacial score (nSPS) is 10.6. The van der Waals surface area contributed by atoms with Crippen molar-refractivity contribution in [2.24, 2.45) is 0 Å². The molecule has 3 aromatic rings. The number of hydrogen-bond acceptors (Lipinski definition) is 2. The first-order valence-corrected chi connectivity index (χ1v) is 7.64. The van der Waals surface area contributed by atoms with Gasteiger partial charge in [-0.05, 0) is 30.3 Å². The van der Waals surface area contributed by atoms with Crippen molar-refractivity contribution in [2.75, 3.05) is 5.32 Å². The highest BCUT2D eigenvalue weighted by Crippen LogP contribution is 2.33. The maximum absolute atomic E-state index is 13.7. The van der Waals surface area contributed by atoms with E-state index in [4.69, 9.17) is 4.74 Å². The summed E-state index contributed by atoms with van der Waals surface area (Å²) in [5.41, 5.74) is 0.0849. The average molecular weight is 397 g/mol. The molecule has 0 saturated heterocycles. The molecule has 0 radical (unpaired) electrons. The van der Waals surface area contributed by atoms with Crippen molar-refractivity contribution in [2.45, 2.75) is 0 Å². The van der Waals surface area contributed by atoms with Gasteiger partial charge in [-0.15, -0.1) is 0 Å². The van der Waals surface area contributed by atoms with Crippen molar-refractivity contribution in [3.05, 3.63) is 89.0 Å². The fourth-order valence-electron chi connectivity index (χ4n) is 2.26. The van der Waals surface area contributed by atoms with Crippen LogP contribution in [-0.4, -0.2) is 5.91 Å². The van der Waals surface area contributed by atoms with E-state index in [1.807, 2.05) is 0 Å². The van der Waals surface area contributed by atoms with Crippen molar-refractivity contribution in [1.29, 1.82) is 0 Å². The van der Waals surface area contributed by atoms with Gasteiger partial charge in [0.05, 0.1) is 0 Å². The molecule has 0 bridgehead atoms. The lowest BCUT2D eigenvalue weighted by Crippen LogP contribution is -2.12. The number of ether oxygens (including phenoxy) is 1. The van der Waals surface area contributed by atoms with Gasteiger partial charge in [0.2, 0.25) is 34.8 Å². The van der Waals surface area contributed by atoms with E-state index in [1.54, 1.807) is 0 Å². The predicted molar refractivity (Wildman–Crippen MR) is 87.1 cm³/mol. The van der Waals surface area contributed by atoms with Crippen LogP contribution < -0.4 is 10.1 Å². The van der Waals surface area contributed by atoms with Crippen molar-refractivity contribution in [3.63, 3.8) is 0 Å². The zero-order valence-electron chi connectivity index (χ0n) is 13.7. The van der Waals surface area contributed by atoms with E-state index in [2.05, 4.69) is 5.32 Å². The van der Waals surface area contributed by atoms with E-state index >= 15 is 0 Å². The van der Waals surface area contributed by atoms with Gasteiger partial charge in [-0.1, -0.05) is 12.1 Å². The first kappa shape index (κ1) is 19.3. The summed E-state index contributed by atoms with van der Waals surface area (Å²) in [5.74, 6) is -14.0. The second kappa shape index (κ2) is 7.63. The molecule has 0 aliphatic carbocycles. The smallest absolute Gasteiger partial charge is 0.255 e. The Hall–Kier alpha value is -3.49. The molecule has 0 saturated carbocycles. The number of benzene rings is 3. The molecule has 0 aliphatic rings. The minimum atomic E-state index is -2.31. The highest BCUT2D eigenvalue weighted by Gasteiger charge is 2.27. The van der Waals surface area contributed by atoms with E-state index in [1.165, 1.54) is 30.3 Å². The summed E-state index contributed by atoms with van der Waals surface area (Å²) < 4.78 is 85.0.